The molecule has 2 aromatic heterocycles. The Morgan fingerprint density at radius 3 is 2.79 bits per heavy atom. The normalized spacial score (nSPS) is 10.9. The number of carbonyl (C=O) groups is 1. The van der Waals surface area contributed by atoms with Gasteiger partial charge in [-0.15, -0.1) is 0 Å². The van der Waals surface area contributed by atoms with Crippen molar-refractivity contribution in [2.45, 2.75) is 19.3 Å². The highest BCUT2D eigenvalue weighted by atomic mass is 16.5. The molecule has 0 aliphatic rings. The first-order chi connectivity index (χ1) is 13.8. The number of esters is 1. The summed E-state index contributed by atoms with van der Waals surface area (Å²) in [6, 6.07) is 17.8. The van der Waals surface area contributed by atoms with Gasteiger partial charge in [0.05, 0.1) is 13.0 Å². The molecule has 0 fully saturated rings. The van der Waals surface area contributed by atoms with E-state index in [0.717, 1.165) is 21.9 Å². The monoisotopic (exact) mass is 373 g/mol. The SMILES string of the molecule is O=C(Cc1ccc2ccccc2c1)OCCCc1nc(-c2cccnc2)no1. The van der Waals surface area contributed by atoms with Gasteiger partial charge in [-0.2, -0.15) is 4.98 Å². The van der Waals surface area contributed by atoms with Gasteiger partial charge in [0, 0.05) is 24.4 Å². The molecule has 6 heteroatoms. The summed E-state index contributed by atoms with van der Waals surface area (Å²) in [5.74, 6) is 0.790. The van der Waals surface area contributed by atoms with Crippen LogP contribution in [0.1, 0.15) is 17.9 Å². The smallest absolute Gasteiger partial charge is 0.310 e. The molecule has 0 atom stereocenters. The summed E-state index contributed by atoms with van der Waals surface area (Å²) in [4.78, 5) is 20.4. The van der Waals surface area contributed by atoms with Crippen molar-refractivity contribution in [3.05, 3.63) is 78.4 Å². The number of aromatic nitrogens is 3. The molecular weight excluding hydrogens is 354 g/mol. The van der Waals surface area contributed by atoms with Crippen LogP contribution in [-0.4, -0.2) is 27.7 Å². The first kappa shape index (κ1) is 17.9. The van der Waals surface area contributed by atoms with Crippen molar-refractivity contribution >= 4 is 16.7 Å². The summed E-state index contributed by atoms with van der Waals surface area (Å²) < 4.78 is 10.6. The quantitative estimate of drug-likeness (QED) is 0.360. The molecule has 0 saturated heterocycles. The average Bonchev–Trinajstić information content (AvgIpc) is 3.21. The summed E-state index contributed by atoms with van der Waals surface area (Å²) >= 11 is 0. The second-order valence-electron chi connectivity index (χ2n) is 6.44. The van der Waals surface area contributed by atoms with E-state index < -0.39 is 0 Å². The van der Waals surface area contributed by atoms with Crippen molar-refractivity contribution in [1.29, 1.82) is 0 Å². The molecule has 0 spiro atoms. The summed E-state index contributed by atoms with van der Waals surface area (Å²) in [5, 5.41) is 6.22. The predicted molar refractivity (Wildman–Crippen MR) is 104 cm³/mol. The van der Waals surface area contributed by atoms with Crippen LogP contribution >= 0.6 is 0 Å². The minimum absolute atomic E-state index is 0.239. The number of fused-ring (bicyclic) bond motifs is 1. The zero-order valence-corrected chi connectivity index (χ0v) is 15.2. The highest BCUT2D eigenvalue weighted by Gasteiger charge is 2.10. The van der Waals surface area contributed by atoms with E-state index in [2.05, 4.69) is 21.2 Å². The molecule has 4 aromatic rings. The lowest BCUT2D eigenvalue weighted by atomic mass is 10.1. The number of hydrogen-bond acceptors (Lipinski definition) is 6. The van der Waals surface area contributed by atoms with Gasteiger partial charge in [0.25, 0.3) is 0 Å². The first-order valence-corrected chi connectivity index (χ1v) is 9.14. The highest BCUT2D eigenvalue weighted by Crippen LogP contribution is 2.17. The Kier molecular flexibility index (Phi) is 5.38. The van der Waals surface area contributed by atoms with Gasteiger partial charge >= 0.3 is 5.97 Å². The van der Waals surface area contributed by atoms with Crippen LogP contribution < -0.4 is 0 Å². The van der Waals surface area contributed by atoms with Gasteiger partial charge in [-0.1, -0.05) is 47.6 Å². The maximum atomic E-state index is 12.1. The van der Waals surface area contributed by atoms with E-state index in [1.165, 1.54) is 0 Å². The van der Waals surface area contributed by atoms with Crippen LogP contribution in [0, 0.1) is 0 Å². The second-order valence-corrected chi connectivity index (χ2v) is 6.44. The van der Waals surface area contributed by atoms with Crippen molar-refractivity contribution in [3.63, 3.8) is 0 Å². The van der Waals surface area contributed by atoms with Gasteiger partial charge in [-0.25, -0.2) is 0 Å². The number of pyridine rings is 1. The summed E-state index contributed by atoms with van der Waals surface area (Å²) in [6.45, 7) is 0.316. The van der Waals surface area contributed by atoms with E-state index in [9.17, 15) is 4.79 Å². The number of hydrogen-bond donors (Lipinski definition) is 0. The third kappa shape index (κ3) is 4.40. The molecule has 0 bridgehead atoms. The number of rotatable bonds is 7. The summed E-state index contributed by atoms with van der Waals surface area (Å²) in [5.41, 5.74) is 1.75. The van der Waals surface area contributed by atoms with Crippen LogP contribution in [0.3, 0.4) is 0 Å². The molecule has 0 aliphatic carbocycles. The van der Waals surface area contributed by atoms with E-state index in [1.807, 2.05) is 48.5 Å². The topological polar surface area (TPSA) is 78.1 Å². The molecule has 2 heterocycles. The molecule has 0 saturated carbocycles. The van der Waals surface area contributed by atoms with Crippen molar-refractivity contribution in [2.24, 2.45) is 0 Å². The van der Waals surface area contributed by atoms with E-state index in [-0.39, 0.29) is 12.4 Å². The molecule has 0 amide bonds. The number of carbonyl (C=O) groups excluding carboxylic acids is 1. The van der Waals surface area contributed by atoms with E-state index in [0.29, 0.717) is 31.2 Å². The van der Waals surface area contributed by atoms with Gasteiger partial charge in [0.15, 0.2) is 0 Å². The fraction of sp³-hybridized carbons (Fsp3) is 0.182. The van der Waals surface area contributed by atoms with Crippen molar-refractivity contribution in [3.8, 4) is 11.4 Å². The molecular formula is C22H19N3O3. The maximum absolute atomic E-state index is 12.1. The van der Waals surface area contributed by atoms with Gasteiger partial charge in [0.1, 0.15) is 0 Å². The third-order valence-corrected chi connectivity index (χ3v) is 4.35. The third-order valence-electron chi connectivity index (χ3n) is 4.35. The molecule has 0 unspecified atom stereocenters. The van der Waals surface area contributed by atoms with Gasteiger partial charge in [-0.05, 0) is 34.9 Å². The van der Waals surface area contributed by atoms with Crippen LogP contribution in [0.25, 0.3) is 22.2 Å². The minimum Gasteiger partial charge on any atom is -0.465 e. The fourth-order valence-corrected chi connectivity index (χ4v) is 2.94. The van der Waals surface area contributed by atoms with E-state index in [1.54, 1.807) is 12.4 Å². The van der Waals surface area contributed by atoms with Gasteiger partial charge in [0.2, 0.25) is 11.7 Å². The van der Waals surface area contributed by atoms with Crippen molar-refractivity contribution < 1.29 is 14.1 Å². The van der Waals surface area contributed by atoms with Crippen LogP contribution in [-0.2, 0) is 22.4 Å². The Bertz CT molecular complexity index is 1080. The second kappa shape index (κ2) is 8.43. The Hall–Kier alpha value is -3.54. The largest absolute Gasteiger partial charge is 0.465 e. The number of ether oxygens (including phenoxy) is 1. The standard InChI is InChI=1S/C22H19N3O3/c26-21(14-16-9-10-17-5-1-2-6-18(17)13-16)27-12-4-8-20-24-22(25-28-20)19-7-3-11-23-15-19/h1-3,5-7,9-11,13,15H,4,8,12,14H2. The maximum Gasteiger partial charge on any atom is 0.310 e. The lowest BCUT2D eigenvalue weighted by Gasteiger charge is -2.05. The molecule has 0 radical (unpaired) electrons. The van der Waals surface area contributed by atoms with Crippen molar-refractivity contribution in [1.82, 2.24) is 15.1 Å². The summed E-state index contributed by atoms with van der Waals surface area (Å²) in [7, 11) is 0. The molecule has 0 N–H and O–H groups in total. The Balaban J connectivity index is 1.24. The van der Waals surface area contributed by atoms with Crippen LogP contribution in [0.4, 0.5) is 0 Å². The Labute approximate surface area is 162 Å². The van der Waals surface area contributed by atoms with E-state index in [4.69, 9.17) is 9.26 Å². The highest BCUT2D eigenvalue weighted by molar-refractivity contribution is 5.84. The molecule has 4 rings (SSSR count). The molecule has 2 aromatic carbocycles. The fourth-order valence-electron chi connectivity index (χ4n) is 2.94. The van der Waals surface area contributed by atoms with Crippen molar-refractivity contribution in [2.75, 3.05) is 6.61 Å². The first-order valence-electron chi connectivity index (χ1n) is 9.14. The number of benzene rings is 2. The zero-order valence-electron chi connectivity index (χ0n) is 15.2. The average molecular weight is 373 g/mol. The zero-order chi connectivity index (χ0) is 19.2. The molecule has 28 heavy (non-hydrogen) atoms. The number of aryl methyl sites for hydroxylation is 1. The molecule has 6 nitrogen and oxygen atoms in total. The summed E-state index contributed by atoms with van der Waals surface area (Å²) in [6.07, 6.45) is 4.81. The molecule has 0 aliphatic heterocycles. The Morgan fingerprint density at radius 2 is 1.93 bits per heavy atom. The van der Waals surface area contributed by atoms with Crippen LogP contribution in [0.15, 0.2) is 71.5 Å². The van der Waals surface area contributed by atoms with Gasteiger partial charge < -0.3 is 9.26 Å². The molecule has 140 valence electrons. The van der Waals surface area contributed by atoms with Crippen LogP contribution in [0.2, 0.25) is 0 Å². The predicted octanol–water partition coefficient (Wildman–Crippen LogP) is 4.00. The number of nitrogens with zero attached hydrogens (tertiary/aromatic N) is 3. The minimum atomic E-state index is -0.239. The lowest BCUT2D eigenvalue weighted by molar-refractivity contribution is -0.142. The van der Waals surface area contributed by atoms with Gasteiger partial charge in [-0.3, -0.25) is 9.78 Å². The van der Waals surface area contributed by atoms with Crippen LogP contribution in [0.5, 0.6) is 0 Å². The Morgan fingerprint density at radius 1 is 1.04 bits per heavy atom. The van der Waals surface area contributed by atoms with E-state index >= 15 is 0 Å². The lowest BCUT2D eigenvalue weighted by Crippen LogP contribution is -2.09.